The summed E-state index contributed by atoms with van der Waals surface area (Å²) in [7, 11) is 0. The molecule has 5 atom stereocenters. The lowest BCUT2D eigenvalue weighted by atomic mass is 9.49. The number of nitrogens with zero attached hydrogens (tertiary/aromatic N) is 1. The van der Waals surface area contributed by atoms with E-state index in [1.165, 1.54) is 24.8 Å². The molecule has 0 spiro atoms. The van der Waals surface area contributed by atoms with Gasteiger partial charge in [0.05, 0.1) is 6.20 Å². The Labute approximate surface area is 148 Å². The molecule has 0 aromatic carbocycles. The van der Waals surface area contributed by atoms with Gasteiger partial charge < -0.3 is 9.15 Å². The van der Waals surface area contributed by atoms with Crippen LogP contribution in [0.4, 0.5) is 0 Å². The van der Waals surface area contributed by atoms with E-state index in [4.69, 9.17) is 9.15 Å². The number of ether oxygens (including phenoxy) is 1. The fourth-order valence-corrected chi connectivity index (χ4v) is 6.37. The van der Waals surface area contributed by atoms with Crippen LogP contribution in [0.15, 0.2) is 34.9 Å². The smallest absolute Gasteiger partial charge is 0.310 e. The molecule has 1 aromatic heterocycles. The van der Waals surface area contributed by atoms with Crippen LogP contribution in [0.2, 0.25) is 0 Å². The highest BCUT2D eigenvalue weighted by molar-refractivity contribution is 5.72. The third-order valence-electron chi connectivity index (χ3n) is 7.74. The number of esters is 1. The third-order valence-corrected chi connectivity index (χ3v) is 7.74. The van der Waals surface area contributed by atoms with Gasteiger partial charge in [0.25, 0.3) is 0 Å². The number of hydrogen-bond acceptors (Lipinski definition) is 4. The summed E-state index contributed by atoms with van der Waals surface area (Å²) in [6.45, 7) is 4.74. The number of carbonyl (C=O) groups excluding carboxylic acids is 1. The Hall–Kier alpha value is -1.84. The molecule has 2 heterocycles. The molecule has 1 aromatic rings. The van der Waals surface area contributed by atoms with Gasteiger partial charge in [-0.25, -0.2) is 4.98 Å². The van der Waals surface area contributed by atoms with Gasteiger partial charge in [-0.2, -0.15) is 0 Å². The number of fused-ring (bicyclic) bond motifs is 5. The van der Waals surface area contributed by atoms with Crippen LogP contribution in [0.25, 0.3) is 5.57 Å². The first-order valence-electron chi connectivity index (χ1n) is 9.53. The van der Waals surface area contributed by atoms with Crippen LogP contribution in [0.5, 0.6) is 0 Å². The van der Waals surface area contributed by atoms with E-state index < -0.39 is 0 Å². The zero-order valence-corrected chi connectivity index (χ0v) is 15.0. The minimum atomic E-state index is -0.0574. The summed E-state index contributed by atoms with van der Waals surface area (Å²) in [6.07, 6.45) is 14.0. The van der Waals surface area contributed by atoms with Crippen molar-refractivity contribution in [1.82, 2.24) is 4.98 Å². The highest BCUT2D eigenvalue weighted by Crippen LogP contribution is 2.65. The number of hydrogen-bond donors (Lipinski definition) is 0. The van der Waals surface area contributed by atoms with Crippen molar-refractivity contribution in [1.29, 1.82) is 0 Å². The van der Waals surface area contributed by atoms with Crippen molar-refractivity contribution in [2.24, 2.45) is 28.6 Å². The van der Waals surface area contributed by atoms with Crippen LogP contribution in [0.1, 0.15) is 58.1 Å². The lowest BCUT2D eigenvalue weighted by Crippen LogP contribution is -2.49. The van der Waals surface area contributed by atoms with Crippen LogP contribution < -0.4 is 0 Å². The van der Waals surface area contributed by atoms with E-state index in [0.29, 0.717) is 24.2 Å². The predicted molar refractivity (Wildman–Crippen MR) is 93.0 cm³/mol. The van der Waals surface area contributed by atoms with Gasteiger partial charge in [0, 0.05) is 11.8 Å². The molecule has 0 amide bonds. The van der Waals surface area contributed by atoms with Crippen molar-refractivity contribution in [3.8, 4) is 0 Å². The van der Waals surface area contributed by atoms with E-state index in [1.54, 1.807) is 0 Å². The van der Waals surface area contributed by atoms with Crippen molar-refractivity contribution in [2.75, 3.05) is 0 Å². The average molecular weight is 339 g/mol. The first kappa shape index (κ1) is 15.4. The van der Waals surface area contributed by atoms with Gasteiger partial charge in [-0.3, -0.25) is 4.79 Å². The molecule has 1 aliphatic heterocycles. The maximum atomic E-state index is 11.7. The van der Waals surface area contributed by atoms with Crippen molar-refractivity contribution in [3.63, 3.8) is 0 Å². The van der Waals surface area contributed by atoms with Gasteiger partial charge in [-0.1, -0.05) is 19.9 Å². The minimum absolute atomic E-state index is 0.0349. The van der Waals surface area contributed by atoms with Crippen LogP contribution >= 0.6 is 0 Å². The molecule has 132 valence electrons. The molecule has 25 heavy (non-hydrogen) atoms. The number of carbonyl (C=O) groups is 1. The largest absolute Gasteiger partial charge is 0.444 e. The van der Waals surface area contributed by atoms with Gasteiger partial charge >= 0.3 is 5.97 Å². The zero-order valence-electron chi connectivity index (χ0n) is 15.0. The quantitative estimate of drug-likeness (QED) is 0.693. The van der Waals surface area contributed by atoms with Crippen molar-refractivity contribution < 1.29 is 13.9 Å². The summed E-state index contributed by atoms with van der Waals surface area (Å²) < 4.78 is 11.3. The lowest BCUT2D eigenvalue weighted by molar-refractivity contribution is -0.151. The van der Waals surface area contributed by atoms with Crippen LogP contribution in [0.3, 0.4) is 0 Å². The van der Waals surface area contributed by atoms with Gasteiger partial charge in [-0.05, 0) is 66.9 Å². The third kappa shape index (κ3) is 2.00. The zero-order chi connectivity index (χ0) is 17.2. The first-order valence-corrected chi connectivity index (χ1v) is 9.53. The molecule has 5 rings (SSSR count). The number of allylic oxidation sites excluding steroid dienone is 4. The number of aromatic nitrogens is 1. The lowest BCUT2D eigenvalue weighted by Gasteiger charge is -2.56. The molecule has 3 aliphatic carbocycles. The van der Waals surface area contributed by atoms with E-state index in [1.807, 2.05) is 6.20 Å². The van der Waals surface area contributed by atoms with E-state index >= 15 is 0 Å². The maximum absolute atomic E-state index is 11.7. The Bertz CT molecular complexity index is 777. The van der Waals surface area contributed by atoms with Crippen molar-refractivity contribution >= 4 is 11.5 Å². The maximum Gasteiger partial charge on any atom is 0.310 e. The van der Waals surface area contributed by atoms with Crippen LogP contribution in [-0.2, 0) is 9.53 Å². The molecule has 4 nitrogen and oxygen atoms in total. The second-order valence-corrected chi connectivity index (χ2v) is 8.75. The monoisotopic (exact) mass is 339 g/mol. The predicted octanol–water partition coefficient (Wildman–Crippen LogP) is 4.74. The second-order valence-electron chi connectivity index (χ2n) is 8.75. The van der Waals surface area contributed by atoms with Gasteiger partial charge in [0.15, 0.2) is 12.2 Å². The number of rotatable bonds is 1. The van der Waals surface area contributed by atoms with Gasteiger partial charge in [-0.15, -0.1) is 0 Å². The highest BCUT2D eigenvalue weighted by atomic mass is 16.5. The van der Waals surface area contributed by atoms with Crippen LogP contribution in [0, 0.1) is 28.6 Å². The minimum Gasteiger partial charge on any atom is -0.444 e. The first-order chi connectivity index (χ1) is 12.0. The molecule has 0 N–H and O–H groups in total. The standard InChI is InChI=1S/C21H25NO3/c1-20-9-7-15-13(3-6-18-21(15,2)10-8-19(23)25-18)14(20)4-5-16(20)17-11-22-12-24-17/h5-6,11-15H,3-4,7-10H2,1-2H3/t13-,14-,15-,20-,21+/m0/s1. The van der Waals surface area contributed by atoms with E-state index in [0.717, 1.165) is 30.8 Å². The molecule has 1 saturated heterocycles. The van der Waals surface area contributed by atoms with Gasteiger partial charge in [0.2, 0.25) is 0 Å². The Kier molecular flexibility index (Phi) is 3.14. The summed E-state index contributed by atoms with van der Waals surface area (Å²) in [5, 5.41) is 0. The molecule has 4 heteroatoms. The molecular formula is C21H25NO3. The fraction of sp³-hybridized carbons (Fsp3) is 0.619. The highest BCUT2D eigenvalue weighted by Gasteiger charge is 2.58. The molecule has 0 unspecified atom stereocenters. The molecule has 4 aliphatic rings. The molecule has 1 saturated carbocycles. The normalized spacial score (nSPS) is 42.6. The fourth-order valence-electron chi connectivity index (χ4n) is 6.37. The average Bonchev–Trinajstić information content (AvgIpc) is 3.22. The van der Waals surface area contributed by atoms with Crippen molar-refractivity contribution in [3.05, 3.63) is 36.3 Å². The summed E-state index contributed by atoms with van der Waals surface area (Å²) in [4.78, 5) is 15.9. The summed E-state index contributed by atoms with van der Waals surface area (Å²) in [6, 6.07) is 0. The Morgan fingerprint density at radius 2 is 2.00 bits per heavy atom. The summed E-state index contributed by atoms with van der Waals surface area (Å²) in [5.74, 6) is 3.74. The number of oxazole rings is 1. The van der Waals surface area contributed by atoms with Crippen LogP contribution in [-0.4, -0.2) is 11.0 Å². The van der Waals surface area contributed by atoms with E-state index in [-0.39, 0.29) is 16.8 Å². The van der Waals surface area contributed by atoms with E-state index in [9.17, 15) is 4.79 Å². The second kappa shape index (κ2) is 5.09. The molecule has 0 radical (unpaired) electrons. The Balaban J connectivity index is 1.49. The Morgan fingerprint density at radius 3 is 2.80 bits per heavy atom. The Morgan fingerprint density at radius 1 is 1.12 bits per heavy atom. The SMILES string of the molecule is C[C@]12CCC(=O)OC1=CC[C@@H]1[C@@H]2CC[C@]2(C)C(c3cnco3)=CC[C@@H]12. The van der Waals surface area contributed by atoms with Crippen molar-refractivity contribution in [2.45, 2.75) is 52.4 Å². The summed E-state index contributed by atoms with van der Waals surface area (Å²) in [5.41, 5.74) is 1.56. The molecular weight excluding hydrogens is 314 g/mol. The van der Waals surface area contributed by atoms with E-state index in [2.05, 4.69) is 31.0 Å². The topological polar surface area (TPSA) is 52.3 Å². The molecule has 2 fully saturated rings. The van der Waals surface area contributed by atoms with Gasteiger partial charge in [0.1, 0.15) is 5.76 Å². The summed E-state index contributed by atoms with van der Waals surface area (Å²) >= 11 is 0. The molecule has 0 bridgehead atoms.